The summed E-state index contributed by atoms with van der Waals surface area (Å²) >= 11 is 0. The van der Waals surface area contributed by atoms with E-state index in [1.165, 1.54) is 7.11 Å². The number of ether oxygens (including phenoxy) is 2. The van der Waals surface area contributed by atoms with Gasteiger partial charge in [-0.15, -0.1) is 0 Å². The van der Waals surface area contributed by atoms with Gasteiger partial charge in [-0.1, -0.05) is 19.8 Å². The van der Waals surface area contributed by atoms with Crippen molar-refractivity contribution in [3.63, 3.8) is 0 Å². The fourth-order valence-corrected chi connectivity index (χ4v) is 2.72. The Bertz CT molecular complexity index is 292. The molecule has 0 radical (unpaired) electrons. The first-order chi connectivity index (χ1) is 8.61. The van der Waals surface area contributed by atoms with E-state index >= 15 is 0 Å². The van der Waals surface area contributed by atoms with Crippen molar-refractivity contribution < 1.29 is 19.1 Å². The smallest absolute Gasteiger partial charge is 0.316 e. The van der Waals surface area contributed by atoms with E-state index in [0.717, 1.165) is 38.5 Å². The minimum absolute atomic E-state index is 0.0807. The summed E-state index contributed by atoms with van der Waals surface area (Å²) in [6.07, 6.45) is 5.80. The van der Waals surface area contributed by atoms with Crippen molar-refractivity contribution >= 4 is 11.8 Å². The van der Waals surface area contributed by atoms with E-state index < -0.39 is 17.5 Å². The molecule has 0 amide bonds. The Morgan fingerprint density at radius 3 is 2.28 bits per heavy atom. The van der Waals surface area contributed by atoms with Crippen molar-refractivity contribution in [2.75, 3.05) is 14.2 Å². The monoisotopic (exact) mass is 256 g/mol. The van der Waals surface area contributed by atoms with Gasteiger partial charge >= 0.3 is 5.97 Å². The molecule has 18 heavy (non-hydrogen) atoms. The first-order valence-corrected chi connectivity index (χ1v) is 6.78. The fraction of sp³-hybridized carbons (Fsp3) is 0.857. The number of hydrogen-bond acceptors (Lipinski definition) is 4. The summed E-state index contributed by atoms with van der Waals surface area (Å²) in [5, 5.41) is 0. The number of carbonyl (C=O) groups is 2. The summed E-state index contributed by atoms with van der Waals surface area (Å²) in [5.74, 6) is -1.16. The van der Waals surface area contributed by atoms with Gasteiger partial charge in [-0.2, -0.15) is 0 Å². The molecule has 0 N–H and O–H groups in total. The molecule has 0 aliphatic heterocycles. The highest BCUT2D eigenvalue weighted by molar-refractivity contribution is 6.03. The lowest BCUT2D eigenvalue weighted by atomic mass is 9.84. The van der Waals surface area contributed by atoms with Gasteiger partial charge in [0.1, 0.15) is 11.5 Å². The van der Waals surface area contributed by atoms with Gasteiger partial charge in [-0.3, -0.25) is 9.59 Å². The van der Waals surface area contributed by atoms with Crippen LogP contribution in [0.15, 0.2) is 0 Å². The molecule has 0 aromatic carbocycles. The Hall–Kier alpha value is -0.900. The standard InChI is InChI=1S/C14H24O4/c1-4-5-8-11(13(16)17-2)12(15)14(18-3)9-6-7-10-14/h11H,4-10H2,1-3H3. The third-order valence-electron chi connectivity index (χ3n) is 3.90. The van der Waals surface area contributed by atoms with Crippen LogP contribution in [0, 0.1) is 5.92 Å². The van der Waals surface area contributed by atoms with Gasteiger partial charge in [0.05, 0.1) is 7.11 Å². The second kappa shape index (κ2) is 6.88. The van der Waals surface area contributed by atoms with Gasteiger partial charge in [-0.25, -0.2) is 0 Å². The van der Waals surface area contributed by atoms with Gasteiger partial charge in [0.15, 0.2) is 5.78 Å². The minimum atomic E-state index is -0.743. The van der Waals surface area contributed by atoms with Crippen LogP contribution in [0.25, 0.3) is 0 Å². The van der Waals surface area contributed by atoms with E-state index in [9.17, 15) is 9.59 Å². The number of carbonyl (C=O) groups excluding carboxylic acids is 2. The Morgan fingerprint density at radius 1 is 1.22 bits per heavy atom. The molecular formula is C14H24O4. The predicted molar refractivity (Wildman–Crippen MR) is 68.2 cm³/mol. The molecule has 1 saturated carbocycles. The molecule has 1 fully saturated rings. The van der Waals surface area contributed by atoms with Gasteiger partial charge in [0.2, 0.25) is 0 Å². The molecule has 1 aliphatic rings. The molecule has 1 aliphatic carbocycles. The van der Waals surface area contributed by atoms with Crippen LogP contribution in [0.1, 0.15) is 51.9 Å². The van der Waals surface area contributed by atoms with E-state index in [1.807, 2.05) is 6.92 Å². The first kappa shape index (κ1) is 15.2. The van der Waals surface area contributed by atoms with Crippen molar-refractivity contribution in [3.05, 3.63) is 0 Å². The maximum absolute atomic E-state index is 12.6. The zero-order valence-corrected chi connectivity index (χ0v) is 11.7. The van der Waals surface area contributed by atoms with Crippen molar-refractivity contribution in [2.45, 2.75) is 57.5 Å². The van der Waals surface area contributed by atoms with Crippen molar-refractivity contribution in [3.8, 4) is 0 Å². The van der Waals surface area contributed by atoms with Crippen LogP contribution in [0.3, 0.4) is 0 Å². The van der Waals surface area contributed by atoms with Crippen LogP contribution < -0.4 is 0 Å². The second-order valence-corrected chi connectivity index (χ2v) is 4.99. The lowest BCUT2D eigenvalue weighted by Crippen LogP contribution is -2.44. The fourth-order valence-electron chi connectivity index (χ4n) is 2.72. The maximum atomic E-state index is 12.6. The Morgan fingerprint density at radius 2 is 1.83 bits per heavy atom. The molecule has 0 saturated heterocycles. The Balaban J connectivity index is 2.83. The molecule has 4 heteroatoms. The third-order valence-corrected chi connectivity index (χ3v) is 3.90. The molecule has 0 aromatic heterocycles. The molecule has 104 valence electrons. The summed E-state index contributed by atoms with van der Waals surface area (Å²) in [6, 6.07) is 0. The van der Waals surface area contributed by atoms with Crippen LogP contribution >= 0.6 is 0 Å². The Labute approximate surface area is 109 Å². The number of ketones is 1. The lowest BCUT2D eigenvalue weighted by molar-refractivity contribution is -0.158. The quantitative estimate of drug-likeness (QED) is 0.519. The molecule has 0 aromatic rings. The molecule has 0 heterocycles. The van der Waals surface area contributed by atoms with Crippen LogP contribution in [0.2, 0.25) is 0 Å². The number of hydrogen-bond donors (Lipinski definition) is 0. The highest BCUT2D eigenvalue weighted by Gasteiger charge is 2.46. The summed E-state index contributed by atoms with van der Waals surface area (Å²) in [6.45, 7) is 2.04. The molecule has 0 bridgehead atoms. The second-order valence-electron chi connectivity index (χ2n) is 4.99. The van der Waals surface area contributed by atoms with E-state index in [2.05, 4.69) is 0 Å². The topological polar surface area (TPSA) is 52.6 Å². The molecule has 1 unspecified atom stereocenters. The van der Waals surface area contributed by atoms with Gasteiger partial charge in [-0.05, 0) is 32.1 Å². The van der Waals surface area contributed by atoms with Crippen LogP contribution in [-0.2, 0) is 19.1 Å². The third kappa shape index (κ3) is 3.10. The minimum Gasteiger partial charge on any atom is -0.468 e. The highest BCUT2D eigenvalue weighted by atomic mass is 16.5. The molecule has 4 nitrogen and oxygen atoms in total. The Kier molecular flexibility index (Phi) is 5.79. The predicted octanol–water partition coefficient (Wildman–Crippen LogP) is 2.49. The summed E-state index contributed by atoms with van der Waals surface area (Å²) in [7, 11) is 2.90. The summed E-state index contributed by atoms with van der Waals surface area (Å²) in [5.41, 5.74) is -0.743. The zero-order chi connectivity index (χ0) is 13.6. The van der Waals surface area contributed by atoms with Crippen LogP contribution in [0.4, 0.5) is 0 Å². The molecular weight excluding hydrogens is 232 g/mol. The first-order valence-electron chi connectivity index (χ1n) is 6.78. The molecule has 1 rings (SSSR count). The van der Waals surface area contributed by atoms with E-state index in [-0.39, 0.29) is 5.78 Å². The number of methoxy groups -OCH3 is 2. The van der Waals surface area contributed by atoms with Gasteiger partial charge in [0, 0.05) is 7.11 Å². The zero-order valence-electron chi connectivity index (χ0n) is 11.7. The van der Waals surface area contributed by atoms with Crippen LogP contribution in [-0.4, -0.2) is 31.6 Å². The van der Waals surface area contributed by atoms with E-state index in [1.54, 1.807) is 7.11 Å². The summed E-state index contributed by atoms with van der Waals surface area (Å²) in [4.78, 5) is 24.4. The van der Waals surface area contributed by atoms with E-state index in [0.29, 0.717) is 6.42 Å². The molecule has 1 atom stereocenters. The van der Waals surface area contributed by atoms with Gasteiger partial charge in [0.25, 0.3) is 0 Å². The average Bonchev–Trinajstić information content (AvgIpc) is 2.88. The van der Waals surface area contributed by atoms with Crippen molar-refractivity contribution in [1.82, 2.24) is 0 Å². The number of Topliss-reactive ketones (excluding diaryl/α,β-unsaturated/α-hetero) is 1. The van der Waals surface area contributed by atoms with Crippen molar-refractivity contribution in [2.24, 2.45) is 5.92 Å². The lowest BCUT2D eigenvalue weighted by Gasteiger charge is -2.29. The maximum Gasteiger partial charge on any atom is 0.316 e. The van der Waals surface area contributed by atoms with Crippen molar-refractivity contribution in [1.29, 1.82) is 0 Å². The number of unbranched alkanes of at least 4 members (excludes halogenated alkanes) is 1. The highest BCUT2D eigenvalue weighted by Crippen LogP contribution is 2.36. The van der Waals surface area contributed by atoms with Gasteiger partial charge < -0.3 is 9.47 Å². The average molecular weight is 256 g/mol. The largest absolute Gasteiger partial charge is 0.468 e. The SMILES string of the molecule is CCCCC(C(=O)OC)C(=O)C1(OC)CCCC1. The molecule has 0 spiro atoms. The normalized spacial score (nSPS) is 19.5. The van der Waals surface area contributed by atoms with Crippen LogP contribution in [0.5, 0.6) is 0 Å². The number of esters is 1. The van der Waals surface area contributed by atoms with E-state index in [4.69, 9.17) is 9.47 Å². The summed E-state index contributed by atoms with van der Waals surface area (Å²) < 4.78 is 10.2. The number of rotatable bonds is 7.